The molecule has 1 saturated heterocycles. The standard InChI is InChI=1S/C5H10.C2H7NS.Bi.BrH/c1-3-5-4-2;1-2(3)4;;/h1-5H2;2,4H,3H2,1H3;;1H/q;;+1;/p-1. The molecule has 2 N–H and O–H groups in total. The molecule has 0 aromatic rings. The quantitative estimate of drug-likeness (QED) is 0.533. The van der Waals surface area contributed by atoms with Crippen molar-refractivity contribution in [2.45, 2.75) is 39.8 Å². The van der Waals surface area contributed by atoms with Crippen LogP contribution in [0.15, 0.2) is 0 Å². The number of halogens is 1. The Labute approximate surface area is 90.6 Å². The average molecular weight is 436 g/mol. The van der Waals surface area contributed by atoms with Gasteiger partial charge in [-0.25, -0.2) is 0 Å². The van der Waals surface area contributed by atoms with Gasteiger partial charge in [0.2, 0.25) is 0 Å². The first-order valence-electron chi connectivity index (χ1n) is 3.96. The van der Waals surface area contributed by atoms with Gasteiger partial charge in [-0.3, -0.25) is 0 Å². The maximum absolute atomic E-state index is 5.74. The molecule has 0 radical (unpaired) electrons. The number of hydrogen-bond donors (Lipinski definition) is 1. The van der Waals surface area contributed by atoms with Crippen LogP contribution in [-0.2, 0) is 0 Å². The van der Waals surface area contributed by atoms with E-state index in [-0.39, 0.29) is 17.0 Å². The second-order valence-electron chi connectivity index (χ2n) is 2.80. The summed E-state index contributed by atoms with van der Waals surface area (Å²) < 4.78 is 3.20. The predicted octanol–water partition coefficient (Wildman–Crippen LogP) is 2.78. The zero-order chi connectivity index (χ0) is 7.40. The first-order valence-corrected chi connectivity index (χ1v) is 14.0. The second kappa shape index (κ2) is 7.11. The third-order valence-corrected chi connectivity index (χ3v) is 19.2. The zero-order valence-corrected chi connectivity index (χ0v) is 13.0. The molecule has 1 rings (SSSR count). The predicted molar refractivity (Wildman–Crippen MR) is 60.8 cm³/mol. The average Bonchev–Trinajstić information content (AvgIpc) is 1.88. The molecular formula is C7H17BiBrNS. The van der Waals surface area contributed by atoms with Crippen LogP contribution in [0.3, 0.4) is 0 Å². The van der Waals surface area contributed by atoms with Crippen LogP contribution in [-0.4, -0.2) is 25.7 Å². The van der Waals surface area contributed by atoms with Gasteiger partial charge >= 0.3 is 74.4 Å². The summed E-state index contributed by atoms with van der Waals surface area (Å²) in [6.45, 7) is 2.13. The Hall–Kier alpha value is 1.67. The fourth-order valence-electron chi connectivity index (χ4n) is 1.21. The van der Waals surface area contributed by atoms with E-state index in [9.17, 15) is 0 Å². The van der Waals surface area contributed by atoms with E-state index in [4.69, 9.17) is 5.73 Å². The Balaban J connectivity index is 0.000001000. The molecule has 68 valence electrons. The van der Waals surface area contributed by atoms with Crippen LogP contribution in [0.25, 0.3) is 0 Å². The first kappa shape index (κ1) is 12.7. The Morgan fingerprint density at radius 1 is 1.27 bits per heavy atom. The maximum atomic E-state index is 5.74. The molecule has 0 bridgehead atoms. The summed E-state index contributed by atoms with van der Waals surface area (Å²) in [5, 5.41) is 0.427. The molecule has 0 spiro atoms. The van der Waals surface area contributed by atoms with Gasteiger partial charge in [0.25, 0.3) is 0 Å². The number of hydrogen-bond acceptors (Lipinski definition) is 2. The van der Waals surface area contributed by atoms with E-state index in [1.165, 1.54) is 19.3 Å². The van der Waals surface area contributed by atoms with Gasteiger partial charge in [-0.2, -0.15) is 0 Å². The topological polar surface area (TPSA) is 26.0 Å². The molecule has 1 atom stereocenters. The molecule has 0 aliphatic carbocycles. The van der Waals surface area contributed by atoms with Gasteiger partial charge in [-0.1, -0.05) is 0 Å². The minimum atomic E-state index is -0.981. The van der Waals surface area contributed by atoms with Crippen LogP contribution >= 0.6 is 25.5 Å². The summed E-state index contributed by atoms with van der Waals surface area (Å²) in [5.74, 6) is 0. The Morgan fingerprint density at radius 2 is 1.82 bits per heavy atom. The molecule has 1 aliphatic heterocycles. The summed E-state index contributed by atoms with van der Waals surface area (Å²) in [6.07, 6.45) is 4.51. The molecule has 1 unspecified atom stereocenters. The van der Waals surface area contributed by atoms with Gasteiger partial charge in [0.15, 0.2) is 0 Å². The van der Waals surface area contributed by atoms with Crippen LogP contribution < -0.4 is 5.73 Å². The summed E-state index contributed by atoms with van der Waals surface area (Å²) in [4.78, 5) is 0. The van der Waals surface area contributed by atoms with Crippen LogP contribution in [0, 0.1) is 0 Å². The Morgan fingerprint density at radius 3 is 2.27 bits per heavy atom. The third-order valence-electron chi connectivity index (χ3n) is 1.63. The minimum absolute atomic E-state index is 0. The fourth-order valence-corrected chi connectivity index (χ4v) is 17.4. The molecular weight excluding hydrogens is 419 g/mol. The molecule has 4 heteroatoms. The molecule has 11 heavy (non-hydrogen) atoms. The molecule has 0 aromatic carbocycles. The van der Waals surface area contributed by atoms with Crippen molar-refractivity contribution in [1.82, 2.24) is 0 Å². The summed E-state index contributed by atoms with van der Waals surface area (Å²) in [6, 6.07) is 0. The van der Waals surface area contributed by atoms with Gasteiger partial charge in [0, 0.05) is 0 Å². The van der Waals surface area contributed by atoms with Gasteiger partial charge in [0.1, 0.15) is 0 Å². The van der Waals surface area contributed by atoms with E-state index in [1.807, 2.05) is 0 Å². The van der Waals surface area contributed by atoms with Crippen molar-refractivity contribution < 1.29 is 0 Å². The van der Waals surface area contributed by atoms with Crippen molar-refractivity contribution in [3.8, 4) is 0 Å². The summed E-state index contributed by atoms with van der Waals surface area (Å²) in [7, 11) is 2.16. The van der Waals surface area contributed by atoms with Crippen molar-refractivity contribution in [2.75, 3.05) is 0 Å². The van der Waals surface area contributed by atoms with Crippen molar-refractivity contribution in [1.29, 1.82) is 0 Å². The third kappa shape index (κ3) is 5.84. The molecule has 1 fully saturated rings. The van der Waals surface area contributed by atoms with Crippen LogP contribution in [0.2, 0.25) is 8.26 Å². The van der Waals surface area contributed by atoms with Crippen molar-refractivity contribution in [3.05, 3.63) is 0 Å². The number of rotatable bonds is 2. The van der Waals surface area contributed by atoms with Gasteiger partial charge in [-0.15, -0.1) is 17.0 Å². The molecule has 1 aliphatic rings. The first-order chi connectivity index (χ1) is 4.79. The Kier molecular flexibility index (Phi) is 8.19. The fraction of sp³-hybridized carbons (Fsp3) is 1.00. The van der Waals surface area contributed by atoms with Crippen LogP contribution in [0.4, 0.5) is 0 Å². The van der Waals surface area contributed by atoms with Crippen molar-refractivity contribution in [3.63, 3.8) is 0 Å². The van der Waals surface area contributed by atoms with Gasteiger partial charge in [-0.05, 0) is 0 Å². The number of nitrogens with two attached hydrogens (primary N) is 1. The SMILES string of the molecule is Br.CC(N)[S][Bi]1[CH2]CCC[CH2]1. The molecule has 0 saturated carbocycles. The molecule has 1 heterocycles. The zero-order valence-electron chi connectivity index (χ0n) is 6.95. The van der Waals surface area contributed by atoms with E-state index in [2.05, 4.69) is 15.4 Å². The van der Waals surface area contributed by atoms with E-state index in [0.717, 1.165) is 0 Å². The Bertz CT molecular complexity index is 96.4. The van der Waals surface area contributed by atoms with Crippen LogP contribution in [0.5, 0.6) is 0 Å². The van der Waals surface area contributed by atoms with Crippen molar-refractivity contribution >= 4 is 45.8 Å². The summed E-state index contributed by atoms with van der Waals surface area (Å²) in [5.41, 5.74) is 5.74. The second-order valence-corrected chi connectivity index (χ2v) is 18.0. The normalized spacial score (nSPS) is 22.4. The molecule has 0 aromatic heterocycles. The van der Waals surface area contributed by atoms with Crippen LogP contribution in [0.1, 0.15) is 26.2 Å². The van der Waals surface area contributed by atoms with E-state index >= 15 is 0 Å². The monoisotopic (exact) mass is 435 g/mol. The van der Waals surface area contributed by atoms with Gasteiger partial charge in [0.05, 0.1) is 0 Å². The van der Waals surface area contributed by atoms with Crippen molar-refractivity contribution in [2.24, 2.45) is 5.73 Å². The van der Waals surface area contributed by atoms with E-state index in [1.54, 1.807) is 8.26 Å². The van der Waals surface area contributed by atoms with E-state index < -0.39 is 20.3 Å². The van der Waals surface area contributed by atoms with Gasteiger partial charge < -0.3 is 0 Å². The molecule has 1 nitrogen and oxygen atoms in total. The van der Waals surface area contributed by atoms with E-state index in [0.29, 0.717) is 5.37 Å². The molecule has 0 amide bonds. The summed E-state index contributed by atoms with van der Waals surface area (Å²) >= 11 is -0.981.